The maximum Gasteiger partial charge on any atom is 0.234 e. The highest BCUT2D eigenvalue weighted by Crippen LogP contribution is 2.39. The second-order valence-corrected chi connectivity index (χ2v) is 8.23. The van der Waals surface area contributed by atoms with Crippen LogP contribution >= 0.6 is 11.8 Å². The average Bonchev–Trinajstić information content (AvgIpc) is 2.74. The van der Waals surface area contributed by atoms with Gasteiger partial charge in [0.15, 0.2) is 11.5 Å². The lowest BCUT2D eigenvalue weighted by Gasteiger charge is -2.25. The number of carbonyl (C=O) groups is 2. The first-order chi connectivity index (χ1) is 14.8. The van der Waals surface area contributed by atoms with Crippen molar-refractivity contribution in [2.24, 2.45) is 0 Å². The zero-order valence-electron chi connectivity index (χ0n) is 17.5. The Morgan fingerprint density at radius 1 is 1.32 bits per heavy atom. The summed E-state index contributed by atoms with van der Waals surface area (Å²) in [4.78, 5) is 24.8. The fraction of sp³-hybridized carbons (Fsp3) is 0.261. The van der Waals surface area contributed by atoms with Crippen molar-refractivity contribution in [3.05, 3.63) is 63.7 Å². The van der Waals surface area contributed by atoms with E-state index in [1.54, 1.807) is 12.1 Å². The van der Waals surface area contributed by atoms with E-state index < -0.39 is 5.92 Å². The molecule has 0 saturated carbocycles. The van der Waals surface area contributed by atoms with E-state index in [1.165, 1.54) is 13.2 Å². The number of ether oxygens (including phenoxy) is 1. The molecule has 0 fully saturated rings. The van der Waals surface area contributed by atoms with Crippen LogP contribution in [-0.4, -0.2) is 29.8 Å². The van der Waals surface area contributed by atoms with Gasteiger partial charge in [-0.15, -0.1) is 0 Å². The Bertz CT molecular complexity index is 1100. The average molecular weight is 438 g/mol. The van der Waals surface area contributed by atoms with Crippen molar-refractivity contribution in [1.82, 2.24) is 5.32 Å². The molecule has 160 valence electrons. The molecule has 0 saturated heterocycles. The monoisotopic (exact) mass is 437 g/mol. The van der Waals surface area contributed by atoms with Gasteiger partial charge in [0, 0.05) is 18.0 Å². The highest BCUT2D eigenvalue weighted by atomic mass is 32.2. The number of nitrogens with zero attached hydrogens (tertiary/aromatic N) is 1. The Morgan fingerprint density at radius 2 is 2.10 bits per heavy atom. The summed E-state index contributed by atoms with van der Waals surface area (Å²) in [5, 5.41) is 25.6. The molecule has 0 radical (unpaired) electrons. The lowest BCUT2D eigenvalue weighted by molar-refractivity contribution is -0.121. The van der Waals surface area contributed by atoms with Gasteiger partial charge in [0.05, 0.1) is 29.5 Å². The number of phenolic OH excluding ortho intramolecular Hbond substituents is 1. The first kappa shape index (κ1) is 22.2. The van der Waals surface area contributed by atoms with Crippen LogP contribution in [0.2, 0.25) is 0 Å². The van der Waals surface area contributed by atoms with E-state index in [1.807, 2.05) is 32.0 Å². The molecule has 0 aliphatic carbocycles. The third-order valence-electron chi connectivity index (χ3n) is 4.98. The number of hydrogen-bond acceptors (Lipinski definition) is 6. The number of thioether (sulfide) groups is 1. The van der Waals surface area contributed by atoms with E-state index >= 15 is 0 Å². The van der Waals surface area contributed by atoms with Gasteiger partial charge in [-0.05, 0) is 48.7 Å². The Kier molecular flexibility index (Phi) is 6.88. The SMILES string of the molecule is COc1cc([C@H]2CC(=O)NC(SCC(=O)Nc3cc(C)ccc3C)=C2C#N)ccc1O. The maximum atomic E-state index is 12.5. The predicted octanol–water partition coefficient (Wildman–Crippen LogP) is 3.73. The van der Waals surface area contributed by atoms with Crippen LogP contribution in [0.15, 0.2) is 47.0 Å². The number of hydrogen-bond donors (Lipinski definition) is 3. The Balaban J connectivity index is 1.80. The topological polar surface area (TPSA) is 111 Å². The molecule has 1 atom stereocenters. The van der Waals surface area contributed by atoms with E-state index in [0.717, 1.165) is 28.6 Å². The van der Waals surface area contributed by atoms with Crippen LogP contribution in [0.4, 0.5) is 5.69 Å². The van der Waals surface area contributed by atoms with Crippen LogP contribution in [0, 0.1) is 25.2 Å². The fourth-order valence-electron chi connectivity index (χ4n) is 3.32. The molecular formula is C23H23N3O4S. The molecule has 1 heterocycles. The third kappa shape index (κ3) is 5.19. The fourth-order valence-corrected chi connectivity index (χ4v) is 4.20. The molecule has 0 aromatic heterocycles. The highest BCUT2D eigenvalue weighted by molar-refractivity contribution is 8.03. The number of benzene rings is 2. The Hall–Kier alpha value is -3.44. The quantitative estimate of drug-likeness (QED) is 0.635. The van der Waals surface area contributed by atoms with E-state index in [-0.39, 0.29) is 35.5 Å². The summed E-state index contributed by atoms with van der Waals surface area (Å²) < 4.78 is 5.14. The van der Waals surface area contributed by atoms with Crippen molar-refractivity contribution in [2.75, 3.05) is 18.2 Å². The summed E-state index contributed by atoms with van der Waals surface area (Å²) in [6, 6.07) is 12.7. The minimum Gasteiger partial charge on any atom is -0.504 e. The molecule has 2 amide bonds. The van der Waals surface area contributed by atoms with Crippen molar-refractivity contribution in [3.8, 4) is 17.6 Å². The number of amides is 2. The lowest BCUT2D eigenvalue weighted by Crippen LogP contribution is -2.31. The maximum absolute atomic E-state index is 12.5. The zero-order valence-corrected chi connectivity index (χ0v) is 18.3. The molecule has 3 rings (SSSR count). The lowest BCUT2D eigenvalue weighted by atomic mass is 9.87. The molecule has 1 aliphatic rings. The number of nitrogens with one attached hydrogen (secondary N) is 2. The van der Waals surface area contributed by atoms with Crippen molar-refractivity contribution in [3.63, 3.8) is 0 Å². The zero-order chi connectivity index (χ0) is 22.5. The first-order valence-corrected chi connectivity index (χ1v) is 10.6. The third-order valence-corrected chi connectivity index (χ3v) is 5.99. The predicted molar refractivity (Wildman–Crippen MR) is 120 cm³/mol. The number of aromatic hydroxyl groups is 1. The summed E-state index contributed by atoms with van der Waals surface area (Å²) in [6.07, 6.45) is 0.0928. The summed E-state index contributed by atoms with van der Waals surface area (Å²) in [7, 11) is 1.43. The molecule has 0 spiro atoms. The molecule has 0 bridgehead atoms. The van der Waals surface area contributed by atoms with Gasteiger partial charge in [0.2, 0.25) is 11.8 Å². The smallest absolute Gasteiger partial charge is 0.234 e. The number of methoxy groups -OCH3 is 1. The number of anilines is 1. The van der Waals surface area contributed by atoms with E-state index in [0.29, 0.717) is 16.2 Å². The summed E-state index contributed by atoms with van der Waals surface area (Å²) in [5.74, 6) is -0.674. The molecule has 1 aliphatic heterocycles. The van der Waals surface area contributed by atoms with Crippen molar-refractivity contribution < 1.29 is 19.4 Å². The van der Waals surface area contributed by atoms with Crippen LogP contribution in [0.3, 0.4) is 0 Å². The summed E-state index contributed by atoms with van der Waals surface area (Å²) >= 11 is 1.12. The number of aryl methyl sites for hydroxylation is 2. The molecule has 7 nitrogen and oxygen atoms in total. The molecule has 2 aromatic rings. The molecule has 8 heteroatoms. The van der Waals surface area contributed by atoms with Crippen LogP contribution in [0.5, 0.6) is 11.5 Å². The number of nitriles is 1. The van der Waals surface area contributed by atoms with Gasteiger partial charge in [0.25, 0.3) is 0 Å². The van der Waals surface area contributed by atoms with Gasteiger partial charge in [-0.1, -0.05) is 30.0 Å². The van der Waals surface area contributed by atoms with Crippen LogP contribution in [-0.2, 0) is 9.59 Å². The van der Waals surface area contributed by atoms with E-state index in [9.17, 15) is 20.0 Å². The van der Waals surface area contributed by atoms with Crippen molar-refractivity contribution >= 4 is 29.3 Å². The van der Waals surface area contributed by atoms with Gasteiger partial charge in [-0.3, -0.25) is 9.59 Å². The molecular weight excluding hydrogens is 414 g/mol. The van der Waals surface area contributed by atoms with Crippen molar-refractivity contribution in [2.45, 2.75) is 26.2 Å². The van der Waals surface area contributed by atoms with E-state index in [4.69, 9.17) is 4.74 Å². The Morgan fingerprint density at radius 3 is 2.81 bits per heavy atom. The molecule has 2 aromatic carbocycles. The minimum absolute atomic E-state index is 0.0216. The largest absolute Gasteiger partial charge is 0.504 e. The van der Waals surface area contributed by atoms with Crippen LogP contribution in [0.25, 0.3) is 0 Å². The second-order valence-electron chi connectivity index (χ2n) is 7.25. The Labute approximate surface area is 185 Å². The van der Waals surface area contributed by atoms with Gasteiger partial charge in [-0.2, -0.15) is 5.26 Å². The summed E-state index contributed by atoms with van der Waals surface area (Å²) in [5.41, 5.74) is 3.78. The number of phenols is 1. The molecule has 31 heavy (non-hydrogen) atoms. The van der Waals surface area contributed by atoms with Gasteiger partial charge in [0.1, 0.15) is 0 Å². The normalized spacial score (nSPS) is 15.8. The summed E-state index contributed by atoms with van der Waals surface area (Å²) in [6.45, 7) is 3.86. The van der Waals surface area contributed by atoms with Crippen LogP contribution in [0.1, 0.15) is 29.0 Å². The number of carbonyl (C=O) groups excluding carboxylic acids is 2. The number of allylic oxidation sites excluding steroid dienone is 1. The molecule has 0 unspecified atom stereocenters. The first-order valence-electron chi connectivity index (χ1n) is 9.63. The second kappa shape index (κ2) is 9.58. The molecule has 3 N–H and O–H groups in total. The minimum atomic E-state index is -0.488. The van der Waals surface area contributed by atoms with Gasteiger partial charge >= 0.3 is 0 Å². The number of rotatable bonds is 6. The van der Waals surface area contributed by atoms with Crippen molar-refractivity contribution in [1.29, 1.82) is 5.26 Å². The van der Waals surface area contributed by atoms with E-state index in [2.05, 4.69) is 16.7 Å². The standard InChI is InChI=1S/C23H23N3O4S/c1-13-4-5-14(2)18(8-13)25-22(29)12-31-23-17(11-24)16(10-21(28)26-23)15-6-7-19(27)20(9-15)30-3/h4-9,16,27H,10,12H2,1-3H3,(H,25,29)(H,26,28)/t16-/m1/s1. The van der Waals surface area contributed by atoms with Gasteiger partial charge in [-0.25, -0.2) is 0 Å². The van der Waals surface area contributed by atoms with Gasteiger partial charge < -0.3 is 20.5 Å². The highest BCUT2D eigenvalue weighted by Gasteiger charge is 2.30. The van der Waals surface area contributed by atoms with Crippen LogP contribution < -0.4 is 15.4 Å².